The van der Waals surface area contributed by atoms with Crippen LogP contribution >= 0.6 is 0 Å². The molecule has 0 aromatic carbocycles. The minimum Gasteiger partial charge on any atom is -0.350 e. The number of nitrogens with zero attached hydrogens (tertiary/aromatic N) is 2. The lowest BCUT2D eigenvalue weighted by Crippen LogP contribution is -2.31. The second kappa shape index (κ2) is 5.16. The standard InChI is InChI=1S/C14H25N3O2S/c1-14(2)9-12(15)11-5-6-17(13(11)10-14)7-8-20(18,19)16(3)4/h5-6,12H,7-10,15H2,1-4H3. The van der Waals surface area contributed by atoms with E-state index in [0.717, 1.165) is 12.8 Å². The molecule has 114 valence electrons. The Hall–Kier alpha value is -0.850. The second-order valence-electron chi connectivity index (χ2n) is 6.66. The highest BCUT2D eigenvalue weighted by molar-refractivity contribution is 7.89. The van der Waals surface area contributed by atoms with Crippen molar-refractivity contribution in [1.82, 2.24) is 8.87 Å². The van der Waals surface area contributed by atoms with Crippen LogP contribution in [0.2, 0.25) is 0 Å². The zero-order chi connectivity index (χ0) is 15.1. The van der Waals surface area contributed by atoms with Crippen LogP contribution in [0.5, 0.6) is 0 Å². The molecule has 1 aliphatic carbocycles. The van der Waals surface area contributed by atoms with Crippen molar-refractivity contribution < 1.29 is 8.42 Å². The second-order valence-corrected chi connectivity index (χ2v) is 8.96. The van der Waals surface area contributed by atoms with Crippen molar-refractivity contribution in [2.45, 2.75) is 39.3 Å². The molecular formula is C14H25N3O2S. The van der Waals surface area contributed by atoms with Crippen molar-refractivity contribution in [3.63, 3.8) is 0 Å². The number of aryl methyl sites for hydroxylation is 1. The van der Waals surface area contributed by atoms with Crippen molar-refractivity contribution in [1.29, 1.82) is 0 Å². The van der Waals surface area contributed by atoms with Crippen molar-refractivity contribution in [3.8, 4) is 0 Å². The highest BCUT2D eigenvalue weighted by atomic mass is 32.2. The zero-order valence-electron chi connectivity index (χ0n) is 12.8. The topological polar surface area (TPSA) is 68.3 Å². The SMILES string of the molecule is CN(C)S(=O)(=O)CCn1ccc2c1CC(C)(C)CC2N. The lowest BCUT2D eigenvalue weighted by Gasteiger charge is -2.34. The molecule has 6 heteroatoms. The molecule has 0 saturated heterocycles. The van der Waals surface area contributed by atoms with E-state index in [4.69, 9.17) is 5.73 Å². The first-order valence-electron chi connectivity index (χ1n) is 6.96. The molecule has 1 aliphatic rings. The van der Waals surface area contributed by atoms with Crippen LogP contribution in [-0.4, -0.2) is 37.1 Å². The Kier molecular flexibility index (Phi) is 4.01. The van der Waals surface area contributed by atoms with Gasteiger partial charge in [0.05, 0.1) is 5.75 Å². The Labute approximate surface area is 121 Å². The summed E-state index contributed by atoms with van der Waals surface area (Å²) < 4.78 is 27.1. The Morgan fingerprint density at radius 1 is 1.45 bits per heavy atom. The maximum absolute atomic E-state index is 11.9. The fourth-order valence-electron chi connectivity index (χ4n) is 2.90. The number of hydrogen-bond acceptors (Lipinski definition) is 3. The summed E-state index contributed by atoms with van der Waals surface area (Å²) >= 11 is 0. The number of nitrogens with two attached hydrogens (primary N) is 1. The summed E-state index contributed by atoms with van der Waals surface area (Å²) in [6.07, 6.45) is 3.89. The fourth-order valence-corrected chi connectivity index (χ4v) is 3.69. The predicted molar refractivity (Wildman–Crippen MR) is 80.9 cm³/mol. The van der Waals surface area contributed by atoms with Gasteiger partial charge >= 0.3 is 0 Å². The molecule has 5 nitrogen and oxygen atoms in total. The monoisotopic (exact) mass is 299 g/mol. The van der Waals surface area contributed by atoms with Gasteiger partial charge in [-0.1, -0.05) is 13.8 Å². The van der Waals surface area contributed by atoms with Gasteiger partial charge in [0.2, 0.25) is 10.0 Å². The van der Waals surface area contributed by atoms with Gasteiger partial charge in [-0.2, -0.15) is 0 Å². The molecular weight excluding hydrogens is 274 g/mol. The molecule has 0 bridgehead atoms. The van der Waals surface area contributed by atoms with Crippen LogP contribution in [0, 0.1) is 5.41 Å². The van der Waals surface area contributed by atoms with Crippen molar-refractivity contribution >= 4 is 10.0 Å². The van der Waals surface area contributed by atoms with Crippen LogP contribution < -0.4 is 5.73 Å². The van der Waals surface area contributed by atoms with Crippen LogP contribution in [0.15, 0.2) is 12.3 Å². The van der Waals surface area contributed by atoms with Crippen LogP contribution in [0.3, 0.4) is 0 Å². The number of fused-ring (bicyclic) bond motifs is 1. The number of aromatic nitrogens is 1. The van der Waals surface area contributed by atoms with E-state index in [9.17, 15) is 8.42 Å². The third-order valence-corrected chi connectivity index (χ3v) is 5.89. The quantitative estimate of drug-likeness (QED) is 0.912. The Bertz CT molecular complexity index is 588. The molecule has 1 aromatic rings. The average molecular weight is 299 g/mol. The third kappa shape index (κ3) is 3.07. The third-order valence-electron chi connectivity index (χ3n) is 4.08. The van der Waals surface area contributed by atoms with Gasteiger partial charge in [0.15, 0.2) is 0 Å². The molecule has 0 aliphatic heterocycles. The largest absolute Gasteiger partial charge is 0.350 e. The van der Waals surface area contributed by atoms with E-state index in [1.165, 1.54) is 15.6 Å². The molecule has 1 atom stereocenters. The van der Waals surface area contributed by atoms with Crippen molar-refractivity contribution in [3.05, 3.63) is 23.5 Å². The molecule has 1 unspecified atom stereocenters. The maximum atomic E-state index is 11.9. The highest BCUT2D eigenvalue weighted by Crippen LogP contribution is 2.39. The minimum absolute atomic E-state index is 0.0560. The lowest BCUT2D eigenvalue weighted by atomic mass is 9.74. The van der Waals surface area contributed by atoms with Crippen LogP contribution in [0.1, 0.15) is 37.6 Å². The summed E-state index contributed by atoms with van der Waals surface area (Å²) in [6.45, 7) is 4.91. The van der Waals surface area contributed by atoms with Gasteiger partial charge in [0, 0.05) is 38.6 Å². The molecule has 0 radical (unpaired) electrons. The van der Waals surface area contributed by atoms with E-state index < -0.39 is 10.0 Å². The van der Waals surface area contributed by atoms with Crippen LogP contribution in [0.4, 0.5) is 0 Å². The van der Waals surface area contributed by atoms with Gasteiger partial charge < -0.3 is 10.3 Å². The normalized spacial score (nSPS) is 22.0. The van der Waals surface area contributed by atoms with Crippen molar-refractivity contribution in [2.24, 2.45) is 11.1 Å². The van der Waals surface area contributed by atoms with Crippen molar-refractivity contribution in [2.75, 3.05) is 19.8 Å². The van der Waals surface area contributed by atoms with Gasteiger partial charge in [0.25, 0.3) is 0 Å². The Balaban J connectivity index is 2.20. The number of rotatable bonds is 4. The van der Waals surface area contributed by atoms with Crippen LogP contribution in [-0.2, 0) is 23.0 Å². The van der Waals surface area contributed by atoms with E-state index in [2.05, 4.69) is 18.4 Å². The minimum atomic E-state index is -3.16. The summed E-state index contributed by atoms with van der Waals surface area (Å²) in [5.74, 6) is 0.122. The number of sulfonamides is 1. The smallest absolute Gasteiger partial charge is 0.215 e. The van der Waals surface area contributed by atoms with Gasteiger partial charge in [-0.05, 0) is 29.9 Å². The lowest BCUT2D eigenvalue weighted by molar-refractivity contribution is 0.275. The Morgan fingerprint density at radius 3 is 2.70 bits per heavy atom. The van der Waals surface area contributed by atoms with E-state index in [1.807, 2.05) is 12.3 Å². The molecule has 1 aromatic heterocycles. The molecule has 2 N–H and O–H groups in total. The van der Waals surface area contributed by atoms with Crippen LogP contribution in [0.25, 0.3) is 0 Å². The molecule has 0 fully saturated rings. The summed E-state index contributed by atoms with van der Waals surface area (Å²) in [4.78, 5) is 0. The van der Waals surface area contributed by atoms with Gasteiger partial charge in [-0.25, -0.2) is 12.7 Å². The van der Waals surface area contributed by atoms with E-state index >= 15 is 0 Å². The molecule has 0 spiro atoms. The first kappa shape index (κ1) is 15.5. The average Bonchev–Trinajstić information content (AvgIpc) is 2.68. The van der Waals surface area contributed by atoms with E-state index in [0.29, 0.717) is 6.54 Å². The van der Waals surface area contributed by atoms with Gasteiger partial charge in [0.1, 0.15) is 0 Å². The summed E-state index contributed by atoms with van der Waals surface area (Å²) in [7, 11) is -0.0240. The fraction of sp³-hybridized carbons (Fsp3) is 0.714. The first-order valence-corrected chi connectivity index (χ1v) is 8.57. The molecule has 1 heterocycles. The summed E-state index contributed by atoms with van der Waals surface area (Å²) in [6, 6.07) is 2.10. The highest BCUT2D eigenvalue weighted by Gasteiger charge is 2.32. The van der Waals surface area contributed by atoms with E-state index in [-0.39, 0.29) is 17.2 Å². The zero-order valence-corrected chi connectivity index (χ0v) is 13.6. The molecule has 0 saturated carbocycles. The predicted octanol–water partition coefficient (Wildman–Crippen LogP) is 1.35. The Morgan fingerprint density at radius 2 is 2.10 bits per heavy atom. The maximum Gasteiger partial charge on any atom is 0.215 e. The summed E-state index contributed by atoms with van der Waals surface area (Å²) in [5.41, 5.74) is 8.76. The van der Waals surface area contributed by atoms with E-state index in [1.54, 1.807) is 14.1 Å². The molecule has 0 amide bonds. The molecule has 20 heavy (non-hydrogen) atoms. The number of hydrogen-bond donors (Lipinski definition) is 1. The van der Waals surface area contributed by atoms with Gasteiger partial charge in [-0.3, -0.25) is 0 Å². The molecule has 2 rings (SSSR count). The summed E-state index contributed by atoms with van der Waals surface area (Å²) in [5, 5.41) is 0. The first-order chi connectivity index (χ1) is 9.12. The van der Waals surface area contributed by atoms with Gasteiger partial charge in [-0.15, -0.1) is 0 Å².